The number of aryl methyl sites for hydroxylation is 1. The fourth-order valence-corrected chi connectivity index (χ4v) is 5.81. The first kappa shape index (κ1) is 23.0. The zero-order valence-electron chi connectivity index (χ0n) is 18.5. The molecule has 0 aromatic heterocycles. The van der Waals surface area contributed by atoms with Crippen molar-refractivity contribution in [2.24, 2.45) is 0 Å². The van der Waals surface area contributed by atoms with Crippen LogP contribution in [-0.2, 0) is 23.0 Å². The van der Waals surface area contributed by atoms with Crippen molar-refractivity contribution in [1.82, 2.24) is 9.21 Å². The van der Waals surface area contributed by atoms with Gasteiger partial charge >= 0.3 is 0 Å². The van der Waals surface area contributed by atoms with E-state index < -0.39 is 10.0 Å². The quantitative estimate of drug-likeness (QED) is 0.529. The molecule has 5 heteroatoms. The van der Waals surface area contributed by atoms with Gasteiger partial charge in [-0.05, 0) is 55.5 Å². The summed E-state index contributed by atoms with van der Waals surface area (Å²) in [4.78, 5) is 2.88. The summed E-state index contributed by atoms with van der Waals surface area (Å²) in [5.74, 6) is 0. The summed E-state index contributed by atoms with van der Waals surface area (Å²) in [6.45, 7) is 7.16. The topological polar surface area (TPSA) is 40.6 Å². The minimum absolute atomic E-state index is 0.393. The van der Waals surface area contributed by atoms with Gasteiger partial charge in [0.25, 0.3) is 0 Å². The van der Waals surface area contributed by atoms with Gasteiger partial charge in [-0.2, -0.15) is 4.31 Å². The molecule has 164 valence electrons. The predicted molar refractivity (Wildman–Crippen MR) is 124 cm³/mol. The third-order valence-electron chi connectivity index (χ3n) is 6.16. The van der Waals surface area contributed by atoms with Crippen molar-refractivity contribution < 1.29 is 8.42 Å². The van der Waals surface area contributed by atoms with Gasteiger partial charge < -0.3 is 0 Å². The van der Waals surface area contributed by atoms with Gasteiger partial charge in [0.05, 0.1) is 4.90 Å². The van der Waals surface area contributed by atoms with E-state index in [-0.39, 0.29) is 0 Å². The molecule has 3 rings (SSSR count). The lowest BCUT2D eigenvalue weighted by molar-refractivity contribution is 0.135. The van der Waals surface area contributed by atoms with Crippen LogP contribution in [0.15, 0.2) is 59.5 Å². The molecule has 1 aliphatic rings. The first-order chi connectivity index (χ1) is 14.5. The molecule has 4 nitrogen and oxygen atoms in total. The molecular formula is C25H36N2O2S. The summed E-state index contributed by atoms with van der Waals surface area (Å²) in [5, 5.41) is 0. The van der Waals surface area contributed by atoms with Gasteiger partial charge in [0.15, 0.2) is 0 Å². The third kappa shape index (κ3) is 5.93. The van der Waals surface area contributed by atoms with Gasteiger partial charge in [-0.25, -0.2) is 8.42 Å². The highest BCUT2D eigenvalue weighted by Gasteiger charge is 2.27. The fourth-order valence-electron chi connectivity index (χ4n) is 4.39. The van der Waals surface area contributed by atoms with Crippen molar-refractivity contribution in [2.45, 2.75) is 69.9 Å². The summed E-state index contributed by atoms with van der Waals surface area (Å²) in [6, 6.07) is 17.9. The largest absolute Gasteiger partial charge is 0.299 e. The third-order valence-corrected chi connectivity index (χ3v) is 8.02. The van der Waals surface area contributed by atoms with Crippen molar-refractivity contribution in [3.05, 3.63) is 65.7 Å². The Labute approximate surface area is 183 Å². The molecule has 1 saturated heterocycles. The van der Waals surface area contributed by atoms with Crippen LogP contribution in [0.4, 0.5) is 0 Å². The molecule has 0 saturated carbocycles. The van der Waals surface area contributed by atoms with Crippen LogP contribution in [0.1, 0.15) is 57.1 Å². The molecule has 1 fully saturated rings. The molecule has 1 unspecified atom stereocenters. The highest BCUT2D eigenvalue weighted by Crippen LogP contribution is 2.22. The molecule has 1 aliphatic heterocycles. The SMILES string of the molecule is CCCc1ccc(S(=O)(=O)N(CCN2CCCCC2CC)Cc2ccccc2)cc1. The van der Waals surface area contributed by atoms with Crippen molar-refractivity contribution >= 4 is 10.0 Å². The van der Waals surface area contributed by atoms with Gasteiger partial charge in [-0.15, -0.1) is 0 Å². The van der Waals surface area contributed by atoms with E-state index in [0.29, 0.717) is 24.0 Å². The first-order valence-electron chi connectivity index (χ1n) is 11.4. The smallest absolute Gasteiger partial charge is 0.243 e. The second-order valence-electron chi connectivity index (χ2n) is 8.31. The van der Waals surface area contributed by atoms with Crippen LogP contribution in [0, 0.1) is 0 Å². The number of hydrogen-bond acceptors (Lipinski definition) is 3. The molecular weight excluding hydrogens is 392 g/mol. The zero-order valence-corrected chi connectivity index (χ0v) is 19.3. The second-order valence-corrected chi connectivity index (χ2v) is 10.2. The van der Waals surface area contributed by atoms with Gasteiger partial charge in [0.2, 0.25) is 10.0 Å². The van der Waals surface area contributed by atoms with Gasteiger partial charge in [0, 0.05) is 25.7 Å². The lowest BCUT2D eigenvalue weighted by Gasteiger charge is -2.36. The maximum absolute atomic E-state index is 13.5. The minimum atomic E-state index is -3.55. The summed E-state index contributed by atoms with van der Waals surface area (Å²) in [6.07, 6.45) is 6.87. The second kappa shape index (κ2) is 11.1. The van der Waals surface area contributed by atoms with Crippen LogP contribution in [-0.4, -0.2) is 43.3 Å². The normalized spacial score (nSPS) is 18.0. The number of piperidine rings is 1. The van der Waals surface area contributed by atoms with Gasteiger partial charge in [-0.3, -0.25) is 4.90 Å². The Morgan fingerprint density at radius 1 is 0.967 bits per heavy atom. The lowest BCUT2D eigenvalue weighted by Crippen LogP contribution is -2.44. The predicted octanol–water partition coefficient (Wildman–Crippen LogP) is 5.09. The molecule has 1 atom stereocenters. The Bertz CT molecular complexity index is 866. The molecule has 30 heavy (non-hydrogen) atoms. The summed E-state index contributed by atoms with van der Waals surface area (Å²) in [5.41, 5.74) is 2.21. The highest BCUT2D eigenvalue weighted by molar-refractivity contribution is 7.89. The van der Waals surface area contributed by atoms with Crippen LogP contribution in [0.2, 0.25) is 0 Å². The molecule has 0 amide bonds. The molecule has 2 aromatic rings. The van der Waals surface area contributed by atoms with Crippen LogP contribution in [0.5, 0.6) is 0 Å². The molecule has 2 aromatic carbocycles. The van der Waals surface area contributed by atoms with Crippen molar-refractivity contribution in [3.63, 3.8) is 0 Å². The average Bonchev–Trinajstić information content (AvgIpc) is 2.78. The Balaban J connectivity index is 1.80. The maximum Gasteiger partial charge on any atom is 0.243 e. The lowest BCUT2D eigenvalue weighted by atomic mass is 10.0. The van der Waals surface area contributed by atoms with Crippen LogP contribution >= 0.6 is 0 Å². The van der Waals surface area contributed by atoms with Crippen LogP contribution < -0.4 is 0 Å². The Kier molecular flexibility index (Phi) is 8.49. The Hall–Kier alpha value is -1.69. The van der Waals surface area contributed by atoms with Crippen molar-refractivity contribution in [1.29, 1.82) is 0 Å². The van der Waals surface area contributed by atoms with E-state index in [1.54, 1.807) is 16.4 Å². The average molecular weight is 429 g/mol. The van der Waals surface area contributed by atoms with Crippen molar-refractivity contribution in [3.8, 4) is 0 Å². The van der Waals surface area contributed by atoms with Gasteiger partial charge in [0.1, 0.15) is 0 Å². The molecule has 0 spiro atoms. The van der Waals surface area contributed by atoms with E-state index in [0.717, 1.165) is 37.9 Å². The molecule has 0 radical (unpaired) electrons. The Morgan fingerprint density at radius 3 is 2.37 bits per heavy atom. The maximum atomic E-state index is 13.5. The number of sulfonamides is 1. The summed E-state index contributed by atoms with van der Waals surface area (Å²) >= 11 is 0. The number of likely N-dealkylation sites (tertiary alicyclic amines) is 1. The first-order valence-corrected chi connectivity index (χ1v) is 12.9. The van der Waals surface area contributed by atoms with Gasteiger partial charge in [-0.1, -0.05) is 69.2 Å². The van der Waals surface area contributed by atoms with E-state index in [1.165, 1.54) is 24.8 Å². The molecule has 0 aliphatic carbocycles. The van der Waals surface area contributed by atoms with E-state index in [9.17, 15) is 8.42 Å². The highest BCUT2D eigenvalue weighted by atomic mass is 32.2. The molecule has 0 bridgehead atoms. The fraction of sp³-hybridized carbons (Fsp3) is 0.520. The molecule has 1 heterocycles. The van der Waals surface area contributed by atoms with E-state index in [2.05, 4.69) is 18.7 Å². The van der Waals surface area contributed by atoms with E-state index in [1.807, 2.05) is 42.5 Å². The zero-order chi connectivity index (χ0) is 21.4. The van der Waals surface area contributed by atoms with Crippen LogP contribution in [0.3, 0.4) is 0 Å². The number of hydrogen-bond donors (Lipinski definition) is 0. The number of rotatable bonds is 10. The summed E-state index contributed by atoms with van der Waals surface area (Å²) in [7, 11) is -3.55. The minimum Gasteiger partial charge on any atom is -0.299 e. The van der Waals surface area contributed by atoms with E-state index in [4.69, 9.17) is 0 Å². The number of nitrogens with zero attached hydrogens (tertiary/aromatic N) is 2. The van der Waals surface area contributed by atoms with E-state index >= 15 is 0 Å². The van der Waals surface area contributed by atoms with Crippen molar-refractivity contribution in [2.75, 3.05) is 19.6 Å². The van der Waals surface area contributed by atoms with Crippen LogP contribution in [0.25, 0.3) is 0 Å². The molecule has 0 N–H and O–H groups in total. The number of benzene rings is 2. The standard InChI is InChI=1S/C25H36N2O2S/c1-3-10-22-14-16-25(17-15-22)30(28,29)27(21-23-11-6-5-7-12-23)20-19-26-18-9-8-13-24(26)4-2/h5-7,11-12,14-17,24H,3-4,8-10,13,18-21H2,1-2H3. The monoisotopic (exact) mass is 428 g/mol. The summed E-state index contributed by atoms with van der Waals surface area (Å²) < 4.78 is 28.7. The Morgan fingerprint density at radius 2 is 1.70 bits per heavy atom.